The molecule has 2 aromatic rings. The number of nitrogens with zero attached hydrogens (tertiary/aromatic N) is 2. The van der Waals surface area contributed by atoms with E-state index in [-0.39, 0.29) is 11.8 Å². The van der Waals surface area contributed by atoms with Crippen molar-refractivity contribution in [3.05, 3.63) is 46.8 Å². The molecule has 2 aliphatic rings. The van der Waals surface area contributed by atoms with Gasteiger partial charge in [-0.1, -0.05) is 17.3 Å². The molecule has 0 saturated carbocycles. The topological polar surface area (TPSA) is 87.5 Å². The van der Waals surface area contributed by atoms with Gasteiger partial charge in [-0.3, -0.25) is 9.59 Å². The first-order valence-electron chi connectivity index (χ1n) is 9.37. The number of aromatic nitrogens is 1. The van der Waals surface area contributed by atoms with E-state index in [0.29, 0.717) is 31.5 Å². The van der Waals surface area contributed by atoms with Gasteiger partial charge in [0, 0.05) is 24.2 Å². The van der Waals surface area contributed by atoms with Gasteiger partial charge in [-0.15, -0.1) is 0 Å². The Bertz CT molecular complexity index is 872. The maximum atomic E-state index is 12.8. The largest absolute Gasteiger partial charge is 0.361 e. The van der Waals surface area contributed by atoms with Crippen molar-refractivity contribution in [2.24, 2.45) is 0 Å². The predicted molar refractivity (Wildman–Crippen MR) is 100 cm³/mol. The number of anilines is 1. The number of likely N-dealkylation sites (tertiary alicyclic amines) is 1. The molecule has 1 unspecified atom stereocenters. The van der Waals surface area contributed by atoms with Crippen LogP contribution in [0.15, 0.2) is 28.8 Å². The number of hydrogen-bond acceptors (Lipinski definition) is 5. The van der Waals surface area contributed by atoms with Gasteiger partial charge in [-0.25, -0.2) is 0 Å². The fraction of sp³-hybridized carbons (Fsp3) is 0.450. The molecule has 7 heteroatoms. The number of benzene rings is 1. The van der Waals surface area contributed by atoms with Crippen molar-refractivity contribution in [2.75, 3.05) is 18.4 Å². The second kappa shape index (κ2) is 6.72. The van der Waals surface area contributed by atoms with E-state index in [0.717, 1.165) is 35.5 Å². The molecule has 1 atom stereocenters. The first kappa shape index (κ1) is 17.6. The van der Waals surface area contributed by atoms with E-state index in [1.165, 1.54) is 0 Å². The SMILES string of the molecule is Cc1noc(C)c1CCC(=O)N1CCCC2(C1)NC(=O)c1ccccc1N2. The van der Waals surface area contributed by atoms with Crippen LogP contribution in [0, 0.1) is 13.8 Å². The Labute approximate surface area is 158 Å². The van der Waals surface area contributed by atoms with E-state index in [1.54, 1.807) is 6.07 Å². The highest BCUT2D eigenvalue weighted by Gasteiger charge is 2.41. The quantitative estimate of drug-likeness (QED) is 0.869. The van der Waals surface area contributed by atoms with Crippen molar-refractivity contribution in [2.45, 2.75) is 45.2 Å². The minimum absolute atomic E-state index is 0.0870. The summed E-state index contributed by atoms with van der Waals surface area (Å²) in [7, 11) is 0. The summed E-state index contributed by atoms with van der Waals surface area (Å²) < 4.78 is 5.18. The minimum atomic E-state index is -0.595. The zero-order chi connectivity index (χ0) is 19.0. The van der Waals surface area contributed by atoms with Crippen molar-refractivity contribution in [3.8, 4) is 0 Å². The number of nitrogens with one attached hydrogen (secondary N) is 2. The van der Waals surface area contributed by atoms with Crippen LogP contribution in [-0.4, -0.2) is 40.6 Å². The van der Waals surface area contributed by atoms with Crippen LogP contribution in [0.4, 0.5) is 5.69 Å². The van der Waals surface area contributed by atoms with Gasteiger partial charge < -0.3 is 20.1 Å². The molecule has 1 spiro atoms. The standard InChI is InChI=1S/C20H24N4O3/c1-13-15(14(2)27-23-13)8-9-18(25)24-11-5-10-20(12-24)21-17-7-4-3-6-16(17)19(26)22-20/h3-4,6-7,21H,5,8-12H2,1-2H3,(H,22,26). The summed E-state index contributed by atoms with van der Waals surface area (Å²) in [5.74, 6) is 0.770. The molecule has 3 heterocycles. The van der Waals surface area contributed by atoms with Gasteiger partial charge in [0.2, 0.25) is 5.91 Å². The summed E-state index contributed by atoms with van der Waals surface area (Å²) in [6, 6.07) is 7.48. The highest BCUT2D eigenvalue weighted by atomic mass is 16.5. The van der Waals surface area contributed by atoms with Gasteiger partial charge in [0.15, 0.2) is 0 Å². The number of piperidine rings is 1. The summed E-state index contributed by atoms with van der Waals surface area (Å²) in [5, 5.41) is 10.5. The summed E-state index contributed by atoms with van der Waals surface area (Å²) in [6.07, 6.45) is 2.66. The third-order valence-electron chi connectivity index (χ3n) is 5.51. The summed E-state index contributed by atoms with van der Waals surface area (Å²) in [6.45, 7) is 4.94. The molecule has 2 amide bonds. The third-order valence-corrected chi connectivity index (χ3v) is 5.51. The molecule has 1 aromatic carbocycles. The van der Waals surface area contributed by atoms with Crippen molar-refractivity contribution < 1.29 is 14.1 Å². The number of para-hydroxylation sites is 1. The fourth-order valence-electron chi connectivity index (χ4n) is 4.09. The van der Waals surface area contributed by atoms with Crippen molar-refractivity contribution >= 4 is 17.5 Å². The number of aryl methyl sites for hydroxylation is 2. The lowest BCUT2D eigenvalue weighted by atomic mass is 9.93. The Morgan fingerprint density at radius 3 is 2.89 bits per heavy atom. The molecular formula is C20H24N4O3. The summed E-state index contributed by atoms with van der Waals surface area (Å²) in [5.41, 5.74) is 2.72. The normalized spacial score (nSPS) is 21.6. The molecule has 7 nitrogen and oxygen atoms in total. The van der Waals surface area contributed by atoms with E-state index in [4.69, 9.17) is 4.52 Å². The fourth-order valence-corrected chi connectivity index (χ4v) is 4.09. The monoisotopic (exact) mass is 368 g/mol. The highest BCUT2D eigenvalue weighted by molar-refractivity contribution is 6.02. The van der Waals surface area contributed by atoms with Gasteiger partial charge in [-0.2, -0.15) is 0 Å². The average Bonchev–Trinajstić information content (AvgIpc) is 2.97. The van der Waals surface area contributed by atoms with Crippen LogP contribution >= 0.6 is 0 Å². The van der Waals surface area contributed by atoms with Crippen molar-refractivity contribution in [1.82, 2.24) is 15.4 Å². The first-order chi connectivity index (χ1) is 13.0. The molecule has 0 radical (unpaired) electrons. The molecule has 1 fully saturated rings. The second-order valence-electron chi connectivity index (χ2n) is 7.43. The molecule has 0 aliphatic carbocycles. The molecule has 27 heavy (non-hydrogen) atoms. The van der Waals surface area contributed by atoms with Gasteiger partial charge in [0.1, 0.15) is 11.4 Å². The number of hydrogen-bond donors (Lipinski definition) is 2. The van der Waals surface area contributed by atoms with Crippen molar-refractivity contribution in [3.63, 3.8) is 0 Å². The first-order valence-corrected chi connectivity index (χ1v) is 9.37. The smallest absolute Gasteiger partial charge is 0.255 e. The molecule has 142 valence electrons. The van der Waals surface area contributed by atoms with Crippen LogP contribution in [0.25, 0.3) is 0 Å². The Kier molecular flexibility index (Phi) is 4.37. The molecule has 1 saturated heterocycles. The molecule has 0 bridgehead atoms. The van der Waals surface area contributed by atoms with E-state index in [9.17, 15) is 9.59 Å². The van der Waals surface area contributed by atoms with Crippen LogP contribution < -0.4 is 10.6 Å². The zero-order valence-corrected chi connectivity index (χ0v) is 15.7. The zero-order valence-electron chi connectivity index (χ0n) is 15.7. The maximum Gasteiger partial charge on any atom is 0.255 e. The Morgan fingerprint density at radius 2 is 2.11 bits per heavy atom. The lowest BCUT2D eigenvalue weighted by Gasteiger charge is -2.46. The molecular weight excluding hydrogens is 344 g/mol. The number of amides is 2. The number of carbonyl (C=O) groups excluding carboxylic acids is 2. The summed E-state index contributed by atoms with van der Waals surface area (Å²) >= 11 is 0. The van der Waals surface area contributed by atoms with E-state index < -0.39 is 5.66 Å². The highest BCUT2D eigenvalue weighted by Crippen LogP contribution is 2.30. The van der Waals surface area contributed by atoms with Crippen LogP contribution in [0.5, 0.6) is 0 Å². The Balaban J connectivity index is 1.45. The minimum Gasteiger partial charge on any atom is -0.361 e. The van der Waals surface area contributed by atoms with E-state index in [1.807, 2.05) is 36.9 Å². The number of rotatable bonds is 3. The lowest BCUT2D eigenvalue weighted by Crippen LogP contribution is -2.66. The molecule has 1 aromatic heterocycles. The third kappa shape index (κ3) is 3.29. The van der Waals surface area contributed by atoms with Gasteiger partial charge in [0.05, 0.1) is 17.8 Å². The van der Waals surface area contributed by atoms with E-state index >= 15 is 0 Å². The molecule has 2 N–H and O–H groups in total. The Morgan fingerprint density at radius 1 is 1.30 bits per heavy atom. The van der Waals surface area contributed by atoms with Crippen LogP contribution in [0.1, 0.15) is 46.6 Å². The molecule has 2 aliphatic heterocycles. The maximum absolute atomic E-state index is 12.8. The van der Waals surface area contributed by atoms with Gasteiger partial charge in [0.25, 0.3) is 5.91 Å². The van der Waals surface area contributed by atoms with Gasteiger partial charge in [-0.05, 0) is 45.2 Å². The lowest BCUT2D eigenvalue weighted by molar-refractivity contribution is -0.133. The van der Waals surface area contributed by atoms with Crippen LogP contribution in [0.2, 0.25) is 0 Å². The van der Waals surface area contributed by atoms with E-state index in [2.05, 4.69) is 15.8 Å². The number of fused-ring (bicyclic) bond motifs is 1. The summed E-state index contributed by atoms with van der Waals surface area (Å²) in [4.78, 5) is 27.2. The molecule has 4 rings (SSSR count). The Hall–Kier alpha value is -2.83. The van der Waals surface area contributed by atoms with Crippen LogP contribution in [0.3, 0.4) is 0 Å². The van der Waals surface area contributed by atoms with Crippen molar-refractivity contribution in [1.29, 1.82) is 0 Å². The average molecular weight is 368 g/mol. The number of carbonyl (C=O) groups is 2. The van der Waals surface area contributed by atoms with Gasteiger partial charge >= 0.3 is 0 Å². The van der Waals surface area contributed by atoms with Crippen LogP contribution in [-0.2, 0) is 11.2 Å². The predicted octanol–water partition coefficient (Wildman–Crippen LogP) is 2.40. The second-order valence-corrected chi connectivity index (χ2v) is 7.43.